The molecular formula is C18H16ClFN4O. The molecule has 1 heterocycles. The van der Waals surface area contributed by atoms with Crippen LogP contribution in [0, 0.1) is 12.7 Å². The molecule has 0 radical (unpaired) electrons. The van der Waals surface area contributed by atoms with Crippen LogP contribution < -0.4 is 10.6 Å². The molecule has 2 N–H and O–H groups in total. The molecule has 0 aliphatic rings. The molecule has 0 unspecified atom stereocenters. The van der Waals surface area contributed by atoms with Crippen molar-refractivity contribution in [3.63, 3.8) is 0 Å². The van der Waals surface area contributed by atoms with Crippen LogP contribution in [0.4, 0.5) is 20.6 Å². The van der Waals surface area contributed by atoms with Crippen molar-refractivity contribution in [2.45, 2.75) is 6.92 Å². The van der Waals surface area contributed by atoms with Gasteiger partial charge >= 0.3 is 6.03 Å². The van der Waals surface area contributed by atoms with E-state index in [1.807, 2.05) is 13.0 Å². The van der Waals surface area contributed by atoms with Gasteiger partial charge < -0.3 is 10.6 Å². The second-order valence-corrected chi connectivity index (χ2v) is 6.02. The Balaban J connectivity index is 1.82. The van der Waals surface area contributed by atoms with Crippen molar-refractivity contribution in [1.82, 2.24) is 9.78 Å². The van der Waals surface area contributed by atoms with Gasteiger partial charge in [0.15, 0.2) is 5.82 Å². The highest BCUT2D eigenvalue weighted by atomic mass is 35.5. The van der Waals surface area contributed by atoms with Crippen LogP contribution >= 0.6 is 11.6 Å². The maximum atomic E-state index is 14.0. The van der Waals surface area contributed by atoms with Crippen molar-refractivity contribution in [1.29, 1.82) is 0 Å². The Morgan fingerprint density at radius 1 is 1.16 bits per heavy atom. The monoisotopic (exact) mass is 358 g/mol. The molecular weight excluding hydrogens is 343 g/mol. The number of aryl methyl sites for hydroxylation is 2. The van der Waals surface area contributed by atoms with E-state index in [4.69, 9.17) is 11.6 Å². The van der Waals surface area contributed by atoms with E-state index in [1.54, 1.807) is 43.4 Å². The van der Waals surface area contributed by atoms with Gasteiger partial charge in [0.1, 0.15) is 5.69 Å². The van der Waals surface area contributed by atoms with Gasteiger partial charge in [-0.05, 0) is 42.8 Å². The lowest BCUT2D eigenvalue weighted by Crippen LogP contribution is -2.19. The molecule has 0 saturated heterocycles. The van der Waals surface area contributed by atoms with Crippen LogP contribution in [0.3, 0.4) is 0 Å². The number of amides is 2. The van der Waals surface area contributed by atoms with E-state index in [1.165, 1.54) is 10.9 Å². The molecule has 2 amide bonds. The molecule has 7 heteroatoms. The van der Waals surface area contributed by atoms with Gasteiger partial charge in [0, 0.05) is 29.0 Å². The number of aromatic nitrogens is 2. The summed E-state index contributed by atoms with van der Waals surface area (Å²) in [5.74, 6) is -0.411. The van der Waals surface area contributed by atoms with E-state index in [0.29, 0.717) is 27.7 Å². The summed E-state index contributed by atoms with van der Waals surface area (Å²) in [6, 6.07) is 11.7. The number of halogens is 2. The van der Waals surface area contributed by atoms with Crippen LogP contribution in [-0.2, 0) is 7.05 Å². The van der Waals surface area contributed by atoms with E-state index >= 15 is 0 Å². The lowest BCUT2D eigenvalue weighted by atomic mass is 10.0. The highest BCUT2D eigenvalue weighted by Crippen LogP contribution is 2.28. The summed E-state index contributed by atoms with van der Waals surface area (Å²) in [5.41, 5.74) is 3.04. The first-order valence-corrected chi connectivity index (χ1v) is 7.94. The summed E-state index contributed by atoms with van der Waals surface area (Å²) in [4.78, 5) is 12.2. The minimum atomic E-state index is -0.414. The Bertz CT molecular complexity index is 919. The van der Waals surface area contributed by atoms with Gasteiger partial charge in [-0.25, -0.2) is 9.18 Å². The Hall–Kier alpha value is -2.86. The molecule has 0 atom stereocenters. The van der Waals surface area contributed by atoms with E-state index in [2.05, 4.69) is 15.7 Å². The minimum Gasteiger partial charge on any atom is -0.308 e. The lowest BCUT2D eigenvalue weighted by Gasteiger charge is -2.12. The molecule has 25 heavy (non-hydrogen) atoms. The predicted molar refractivity (Wildman–Crippen MR) is 97.4 cm³/mol. The van der Waals surface area contributed by atoms with Crippen molar-refractivity contribution in [2.24, 2.45) is 7.05 Å². The maximum Gasteiger partial charge on any atom is 0.323 e. The molecule has 0 aliphatic carbocycles. The summed E-state index contributed by atoms with van der Waals surface area (Å²) in [6.07, 6.45) is 1.17. The SMILES string of the molecule is Cc1ccc(NC(=O)Nc2cccc(Cl)c2)cc1-c1c(F)cnn1C. The summed E-state index contributed by atoms with van der Waals surface area (Å²) in [6.45, 7) is 1.87. The van der Waals surface area contributed by atoms with Crippen molar-refractivity contribution in [3.05, 3.63) is 65.1 Å². The fraction of sp³-hybridized carbons (Fsp3) is 0.111. The fourth-order valence-electron chi connectivity index (χ4n) is 2.53. The molecule has 0 aliphatic heterocycles. The largest absolute Gasteiger partial charge is 0.323 e. The second-order valence-electron chi connectivity index (χ2n) is 5.58. The highest BCUT2D eigenvalue weighted by molar-refractivity contribution is 6.30. The molecule has 0 bridgehead atoms. The van der Waals surface area contributed by atoms with Crippen LogP contribution in [-0.4, -0.2) is 15.8 Å². The Kier molecular flexibility index (Phi) is 4.72. The summed E-state index contributed by atoms with van der Waals surface area (Å²) >= 11 is 5.90. The average molecular weight is 359 g/mol. The topological polar surface area (TPSA) is 59.0 Å². The van der Waals surface area contributed by atoms with Crippen molar-refractivity contribution < 1.29 is 9.18 Å². The van der Waals surface area contributed by atoms with Gasteiger partial charge in [-0.1, -0.05) is 23.7 Å². The molecule has 128 valence electrons. The van der Waals surface area contributed by atoms with Crippen molar-refractivity contribution in [3.8, 4) is 11.3 Å². The molecule has 2 aromatic carbocycles. The zero-order chi connectivity index (χ0) is 18.0. The third-order valence-corrected chi connectivity index (χ3v) is 3.96. The molecule has 0 saturated carbocycles. The van der Waals surface area contributed by atoms with Gasteiger partial charge in [0.05, 0.1) is 6.20 Å². The Morgan fingerprint density at radius 3 is 2.52 bits per heavy atom. The summed E-state index contributed by atoms with van der Waals surface area (Å²) in [5, 5.41) is 9.88. The van der Waals surface area contributed by atoms with Crippen LogP contribution in [0.2, 0.25) is 5.02 Å². The van der Waals surface area contributed by atoms with Crippen molar-refractivity contribution in [2.75, 3.05) is 10.6 Å². The first-order valence-electron chi connectivity index (χ1n) is 7.56. The normalized spacial score (nSPS) is 10.6. The molecule has 0 fully saturated rings. The third kappa shape index (κ3) is 3.80. The van der Waals surface area contributed by atoms with Gasteiger partial charge in [0.25, 0.3) is 0 Å². The highest BCUT2D eigenvalue weighted by Gasteiger charge is 2.14. The van der Waals surface area contributed by atoms with E-state index < -0.39 is 11.8 Å². The number of urea groups is 1. The van der Waals surface area contributed by atoms with E-state index in [9.17, 15) is 9.18 Å². The second kappa shape index (κ2) is 6.94. The van der Waals surface area contributed by atoms with Crippen LogP contribution in [0.1, 0.15) is 5.56 Å². The zero-order valence-electron chi connectivity index (χ0n) is 13.7. The van der Waals surface area contributed by atoms with Crippen LogP contribution in [0.5, 0.6) is 0 Å². The smallest absolute Gasteiger partial charge is 0.308 e. The fourth-order valence-corrected chi connectivity index (χ4v) is 2.72. The molecule has 5 nitrogen and oxygen atoms in total. The number of hydrogen-bond acceptors (Lipinski definition) is 2. The summed E-state index contributed by atoms with van der Waals surface area (Å²) in [7, 11) is 1.67. The number of carbonyl (C=O) groups is 1. The number of carbonyl (C=O) groups excluding carboxylic acids is 1. The number of hydrogen-bond donors (Lipinski definition) is 2. The van der Waals surface area contributed by atoms with Crippen molar-refractivity contribution >= 4 is 29.0 Å². The zero-order valence-corrected chi connectivity index (χ0v) is 14.4. The van der Waals surface area contributed by atoms with Crippen LogP contribution in [0.15, 0.2) is 48.7 Å². The number of nitrogens with zero attached hydrogens (tertiary/aromatic N) is 2. The van der Waals surface area contributed by atoms with E-state index in [0.717, 1.165) is 5.56 Å². The minimum absolute atomic E-state index is 0.372. The first kappa shape index (κ1) is 17.0. The quantitative estimate of drug-likeness (QED) is 0.704. The van der Waals surface area contributed by atoms with Gasteiger partial charge in [-0.2, -0.15) is 5.10 Å². The van der Waals surface area contributed by atoms with Gasteiger partial charge in [-0.3, -0.25) is 4.68 Å². The number of anilines is 2. The predicted octanol–water partition coefficient (Wildman–Crippen LogP) is 4.83. The van der Waals surface area contributed by atoms with Gasteiger partial charge in [-0.15, -0.1) is 0 Å². The Labute approximate surface area is 149 Å². The Morgan fingerprint density at radius 2 is 1.88 bits per heavy atom. The standard InChI is InChI=1S/C18H16ClFN4O/c1-11-6-7-14(9-15(11)17-16(20)10-21-24(17)2)23-18(25)22-13-5-3-4-12(19)8-13/h3-10H,1-2H3,(H2,22,23,25). The van der Waals surface area contributed by atoms with Crippen LogP contribution in [0.25, 0.3) is 11.3 Å². The number of benzene rings is 2. The average Bonchev–Trinajstić information content (AvgIpc) is 2.88. The summed E-state index contributed by atoms with van der Waals surface area (Å²) < 4.78 is 15.5. The molecule has 3 aromatic rings. The lowest BCUT2D eigenvalue weighted by molar-refractivity contribution is 0.262. The van der Waals surface area contributed by atoms with Gasteiger partial charge in [0.2, 0.25) is 0 Å². The molecule has 3 rings (SSSR count). The molecule has 0 spiro atoms. The first-order chi connectivity index (χ1) is 11.9. The number of rotatable bonds is 3. The molecule has 1 aromatic heterocycles. The maximum absolute atomic E-state index is 14.0. The third-order valence-electron chi connectivity index (χ3n) is 3.73. The number of nitrogens with one attached hydrogen (secondary N) is 2. The van der Waals surface area contributed by atoms with E-state index in [-0.39, 0.29) is 0 Å².